The van der Waals surface area contributed by atoms with Gasteiger partial charge in [0, 0.05) is 31.5 Å². The number of nitrogens with one attached hydrogen (secondary N) is 2. The van der Waals surface area contributed by atoms with Crippen LogP contribution in [0.4, 0.5) is 11.6 Å². The van der Waals surface area contributed by atoms with Crippen LogP contribution in [0.2, 0.25) is 5.02 Å². The first kappa shape index (κ1) is 24.4. The maximum absolute atomic E-state index is 6.19. The fraction of sp³-hybridized carbons (Fsp3) is 0.565. The van der Waals surface area contributed by atoms with Crippen LogP contribution in [0, 0.1) is 5.92 Å². The lowest BCUT2D eigenvalue weighted by Gasteiger charge is -2.22. The molecule has 4 N–H and O–H groups in total. The molecule has 30 heavy (non-hydrogen) atoms. The summed E-state index contributed by atoms with van der Waals surface area (Å²) in [4.78, 5) is 8.59. The molecule has 0 bridgehead atoms. The van der Waals surface area contributed by atoms with Crippen molar-refractivity contribution in [3.63, 3.8) is 0 Å². The number of anilines is 2. The Morgan fingerprint density at radius 2 is 2.00 bits per heavy atom. The van der Waals surface area contributed by atoms with Gasteiger partial charge >= 0.3 is 0 Å². The minimum Gasteiger partial charge on any atom is -0.384 e. The first-order chi connectivity index (χ1) is 14.6. The molecule has 0 saturated carbocycles. The standard InChI is InChI=1S/C16H19ClN4O.C7H17N/c17-13-10-19-15(18)8-12(13)14-2-1-3-16(21-14)20-9-11-4-6-22-7-5-11;1-3-5-6-7-8-4-2/h1-3,8,10-11H,4-7,9H2,(H2,18,19)(H,20,21);8H,3-7H2,1-2H3. The predicted molar refractivity (Wildman–Crippen MR) is 127 cm³/mol. The van der Waals surface area contributed by atoms with Gasteiger partial charge in [0.05, 0.1) is 10.7 Å². The number of aromatic nitrogens is 2. The predicted octanol–water partition coefficient (Wildman–Crippen LogP) is 5.00. The average molecular weight is 434 g/mol. The lowest BCUT2D eigenvalue weighted by Crippen LogP contribution is -2.22. The maximum Gasteiger partial charge on any atom is 0.126 e. The van der Waals surface area contributed by atoms with Crippen LogP contribution in [0.25, 0.3) is 11.3 Å². The summed E-state index contributed by atoms with van der Waals surface area (Å²) in [6, 6.07) is 7.58. The van der Waals surface area contributed by atoms with Gasteiger partial charge in [-0.2, -0.15) is 0 Å². The topological polar surface area (TPSA) is 85.1 Å². The molecule has 7 heteroatoms. The largest absolute Gasteiger partial charge is 0.384 e. The number of nitrogen functional groups attached to an aromatic ring is 1. The summed E-state index contributed by atoms with van der Waals surface area (Å²) >= 11 is 6.19. The lowest BCUT2D eigenvalue weighted by molar-refractivity contribution is 0.0699. The average Bonchev–Trinajstić information content (AvgIpc) is 2.78. The second-order valence-corrected chi connectivity index (χ2v) is 7.90. The molecule has 3 rings (SSSR count). The summed E-state index contributed by atoms with van der Waals surface area (Å²) in [5.41, 5.74) is 7.32. The molecule has 0 radical (unpaired) electrons. The van der Waals surface area contributed by atoms with Crippen LogP contribution >= 0.6 is 11.6 Å². The quantitative estimate of drug-likeness (QED) is 0.482. The van der Waals surface area contributed by atoms with Crippen molar-refractivity contribution in [2.24, 2.45) is 5.92 Å². The summed E-state index contributed by atoms with van der Waals surface area (Å²) in [7, 11) is 0. The van der Waals surface area contributed by atoms with Crippen LogP contribution < -0.4 is 16.4 Å². The molecule has 3 heterocycles. The summed E-state index contributed by atoms with van der Waals surface area (Å²) in [6.45, 7) is 9.30. The Hall–Kier alpha value is -1.89. The fourth-order valence-electron chi connectivity index (χ4n) is 3.21. The lowest BCUT2D eigenvalue weighted by atomic mass is 10.0. The molecule has 1 fully saturated rings. The number of nitrogens with two attached hydrogens (primary N) is 1. The summed E-state index contributed by atoms with van der Waals surface area (Å²) < 4.78 is 5.38. The Kier molecular flexibility index (Phi) is 11.5. The van der Waals surface area contributed by atoms with Crippen molar-refractivity contribution < 1.29 is 4.74 Å². The van der Waals surface area contributed by atoms with Gasteiger partial charge in [-0.05, 0) is 56.5 Å². The van der Waals surface area contributed by atoms with Crippen LogP contribution in [0.3, 0.4) is 0 Å². The van der Waals surface area contributed by atoms with E-state index in [1.54, 1.807) is 12.3 Å². The highest BCUT2D eigenvalue weighted by Crippen LogP contribution is 2.28. The molecule has 0 aromatic carbocycles. The maximum atomic E-state index is 6.19. The minimum absolute atomic E-state index is 0.432. The van der Waals surface area contributed by atoms with Gasteiger partial charge in [-0.3, -0.25) is 0 Å². The number of halogens is 1. The Morgan fingerprint density at radius 3 is 2.73 bits per heavy atom. The molecule has 0 amide bonds. The van der Waals surface area contributed by atoms with Crippen LogP contribution in [-0.4, -0.2) is 42.8 Å². The number of hydrogen-bond acceptors (Lipinski definition) is 6. The van der Waals surface area contributed by atoms with E-state index in [1.165, 1.54) is 25.8 Å². The second kappa shape index (κ2) is 14.2. The van der Waals surface area contributed by atoms with E-state index in [-0.39, 0.29) is 0 Å². The molecular weight excluding hydrogens is 398 g/mol. The van der Waals surface area contributed by atoms with Crippen molar-refractivity contribution in [1.82, 2.24) is 15.3 Å². The summed E-state index contributed by atoms with van der Waals surface area (Å²) in [6.07, 6.45) is 7.78. The zero-order valence-electron chi connectivity index (χ0n) is 18.3. The number of unbranched alkanes of at least 4 members (excludes halogenated alkanes) is 2. The normalized spacial score (nSPS) is 14.1. The Balaban J connectivity index is 0.000000343. The third-order valence-electron chi connectivity index (χ3n) is 5.02. The Morgan fingerprint density at radius 1 is 1.20 bits per heavy atom. The van der Waals surface area contributed by atoms with Crippen molar-refractivity contribution in [1.29, 1.82) is 0 Å². The molecule has 1 aliphatic rings. The molecule has 0 aliphatic carbocycles. The first-order valence-corrected chi connectivity index (χ1v) is 11.4. The van der Waals surface area contributed by atoms with E-state index in [9.17, 15) is 0 Å². The van der Waals surface area contributed by atoms with E-state index in [2.05, 4.69) is 34.4 Å². The third-order valence-corrected chi connectivity index (χ3v) is 5.32. The number of rotatable bonds is 9. The monoisotopic (exact) mass is 433 g/mol. The van der Waals surface area contributed by atoms with Crippen molar-refractivity contribution in [3.8, 4) is 11.3 Å². The fourth-order valence-corrected chi connectivity index (χ4v) is 3.41. The molecule has 2 aromatic heterocycles. The number of nitrogens with zero attached hydrogens (tertiary/aromatic N) is 2. The molecule has 6 nitrogen and oxygen atoms in total. The molecule has 0 atom stereocenters. The van der Waals surface area contributed by atoms with Crippen molar-refractivity contribution >= 4 is 23.2 Å². The van der Waals surface area contributed by atoms with Crippen LogP contribution in [0.5, 0.6) is 0 Å². The number of pyridine rings is 2. The molecule has 166 valence electrons. The summed E-state index contributed by atoms with van der Waals surface area (Å²) in [5.74, 6) is 1.91. The van der Waals surface area contributed by atoms with E-state index < -0.39 is 0 Å². The van der Waals surface area contributed by atoms with Gasteiger partial charge in [0.25, 0.3) is 0 Å². The molecule has 1 aliphatic heterocycles. The van der Waals surface area contributed by atoms with Gasteiger partial charge in [-0.15, -0.1) is 0 Å². The van der Waals surface area contributed by atoms with Crippen LogP contribution in [-0.2, 0) is 4.74 Å². The molecule has 0 spiro atoms. The SMILES string of the molecule is CCCCCNCC.Nc1cc(-c2cccc(NCC3CCOCC3)n2)c(Cl)cn1. The van der Waals surface area contributed by atoms with E-state index in [0.717, 1.165) is 56.2 Å². The second-order valence-electron chi connectivity index (χ2n) is 7.49. The van der Waals surface area contributed by atoms with Crippen molar-refractivity contribution in [2.75, 3.05) is 43.9 Å². The molecule has 2 aromatic rings. The third kappa shape index (κ3) is 8.86. The Bertz CT molecular complexity index is 731. The number of hydrogen-bond donors (Lipinski definition) is 3. The first-order valence-electron chi connectivity index (χ1n) is 11.0. The van der Waals surface area contributed by atoms with Crippen molar-refractivity contribution in [3.05, 3.63) is 35.5 Å². The highest BCUT2D eigenvalue weighted by Gasteiger charge is 2.14. The zero-order valence-corrected chi connectivity index (χ0v) is 19.0. The van der Waals surface area contributed by atoms with E-state index >= 15 is 0 Å². The highest BCUT2D eigenvalue weighted by molar-refractivity contribution is 6.33. The van der Waals surface area contributed by atoms with Crippen molar-refractivity contribution in [2.45, 2.75) is 46.0 Å². The van der Waals surface area contributed by atoms with E-state index in [4.69, 9.17) is 22.1 Å². The van der Waals surface area contributed by atoms with Gasteiger partial charge < -0.3 is 21.1 Å². The molecular formula is C23H36ClN5O. The zero-order chi connectivity index (χ0) is 21.6. The van der Waals surface area contributed by atoms with Crippen LogP contribution in [0.15, 0.2) is 30.5 Å². The van der Waals surface area contributed by atoms with Crippen LogP contribution in [0.1, 0.15) is 46.0 Å². The molecule has 1 saturated heterocycles. The summed E-state index contributed by atoms with van der Waals surface area (Å²) in [5, 5.41) is 7.23. The number of ether oxygens (including phenoxy) is 1. The van der Waals surface area contributed by atoms with Gasteiger partial charge in [0.2, 0.25) is 0 Å². The van der Waals surface area contributed by atoms with E-state index in [1.807, 2.05) is 18.2 Å². The molecule has 0 unspecified atom stereocenters. The smallest absolute Gasteiger partial charge is 0.126 e. The highest BCUT2D eigenvalue weighted by atomic mass is 35.5. The Labute approximate surface area is 186 Å². The van der Waals surface area contributed by atoms with Gasteiger partial charge in [0.15, 0.2) is 0 Å². The van der Waals surface area contributed by atoms with Gasteiger partial charge in [0.1, 0.15) is 11.6 Å². The minimum atomic E-state index is 0.432. The van der Waals surface area contributed by atoms with Gasteiger partial charge in [-0.1, -0.05) is 44.4 Å². The van der Waals surface area contributed by atoms with Gasteiger partial charge in [-0.25, -0.2) is 9.97 Å². The van der Waals surface area contributed by atoms with E-state index in [0.29, 0.717) is 16.8 Å².